The number of carbonyl (C=O) groups excluding carboxylic acids is 1. The van der Waals surface area contributed by atoms with E-state index < -0.39 is 11.0 Å². The first-order valence-corrected chi connectivity index (χ1v) is 12.5. The third kappa shape index (κ3) is 7.65. The molecule has 2 aromatic rings. The van der Waals surface area contributed by atoms with Crippen LogP contribution in [0.25, 0.3) is 0 Å². The van der Waals surface area contributed by atoms with Crippen molar-refractivity contribution in [3.05, 3.63) is 57.6 Å². The number of carbonyl (C=O) groups is 1. The maximum Gasteiger partial charge on any atom is 0.184 e. The Labute approximate surface area is 200 Å². The number of Topliss-reactive ketones (excluding diaryl/α,β-unsaturated/α-hetero) is 1. The van der Waals surface area contributed by atoms with Gasteiger partial charge in [0.15, 0.2) is 11.5 Å². The molecule has 1 atom stereocenters. The summed E-state index contributed by atoms with van der Waals surface area (Å²) in [6.07, 6.45) is 2.17. The molecule has 0 saturated heterocycles. The Morgan fingerprint density at radius 1 is 1.06 bits per heavy atom. The maximum atomic E-state index is 11.7. The summed E-state index contributed by atoms with van der Waals surface area (Å²) >= 11 is 18.5. The quantitative estimate of drug-likeness (QED) is 0.319. The standard InChI is InChI=1S/C22H26Cl3NO4S/c1-22(2,16-11-19(24)21(20(25)12-16)29-10-4-9-23)15-5-7-18(8-6-15)30-14-17(27)13-26-31(3)28/h5-8,11-12,26H,4,9-10,13-14H2,1-3H3. The number of rotatable bonds is 12. The molecular weight excluding hydrogens is 481 g/mol. The molecule has 0 saturated carbocycles. The van der Waals surface area contributed by atoms with Gasteiger partial charge in [0.1, 0.15) is 12.4 Å². The second-order valence-corrected chi connectivity index (χ2v) is 9.80. The predicted octanol–water partition coefficient (Wildman–Crippen LogP) is 5.16. The molecule has 1 N–H and O–H groups in total. The van der Waals surface area contributed by atoms with Crippen molar-refractivity contribution in [3.63, 3.8) is 0 Å². The van der Waals surface area contributed by atoms with Gasteiger partial charge in [0, 0.05) is 17.6 Å². The number of hydrogen-bond acceptors (Lipinski definition) is 4. The molecule has 2 aromatic carbocycles. The lowest BCUT2D eigenvalue weighted by Gasteiger charge is -2.27. The molecule has 31 heavy (non-hydrogen) atoms. The van der Waals surface area contributed by atoms with Gasteiger partial charge in [-0.3, -0.25) is 4.79 Å². The summed E-state index contributed by atoms with van der Waals surface area (Å²) in [6, 6.07) is 11.2. The Bertz CT molecular complexity index is 896. The molecule has 0 spiro atoms. The second-order valence-electron chi connectivity index (χ2n) is 7.41. The molecule has 0 aliphatic heterocycles. The zero-order chi connectivity index (χ0) is 23.0. The molecule has 0 amide bonds. The Morgan fingerprint density at radius 3 is 2.23 bits per heavy atom. The molecule has 0 aliphatic carbocycles. The molecule has 0 aromatic heterocycles. The summed E-state index contributed by atoms with van der Waals surface area (Å²) in [5.74, 6) is 1.36. The monoisotopic (exact) mass is 505 g/mol. The SMILES string of the molecule is CS(=O)NCC(=O)COc1ccc(C(C)(C)c2cc(Cl)c(OCCCCl)c(Cl)c2)cc1. The first kappa shape index (κ1) is 25.9. The van der Waals surface area contributed by atoms with Crippen LogP contribution in [-0.2, 0) is 21.2 Å². The van der Waals surface area contributed by atoms with Crippen LogP contribution in [0.1, 0.15) is 31.4 Å². The van der Waals surface area contributed by atoms with E-state index in [-0.39, 0.29) is 24.3 Å². The number of alkyl halides is 1. The van der Waals surface area contributed by atoms with Crippen molar-refractivity contribution < 1.29 is 18.5 Å². The van der Waals surface area contributed by atoms with Crippen LogP contribution in [0.4, 0.5) is 0 Å². The van der Waals surface area contributed by atoms with Gasteiger partial charge in [-0.2, -0.15) is 0 Å². The fraction of sp³-hybridized carbons (Fsp3) is 0.409. The van der Waals surface area contributed by atoms with Crippen LogP contribution in [0.5, 0.6) is 11.5 Å². The summed E-state index contributed by atoms with van der Waals surface area (Å²) in [6.45, 7) is 4.49. The third-order valence-electron chi connectivity index (χ3n) is 4.69. The summed E-state index contributed by atoms with van der Waals surface area (Å²) < 4.78 is 24.7. The fourth-order valence-electron chi connectivity index (χ4n) is 2.82. The van der Waals surface area contributed by atoms with Crippen molar-refractivity contribution >= 4 is 51.6 Å². The Balaban J connectivity index is 2.09. The van der Waals surface area contributed by atoms with E-state index in [1.165, 1.54) is 6.26 Å². The van der Waals surface area contributed by atoms with E-state index in [9.17, 15) is 9.00 Å². The Morgan fingerprint density at radius 2 is 1.68 bits per heavy atom. The van der Waals surface area contributed by atoms with Crippen LogP contribution in [0.15, 0.2) is 36.4 Å². The van der Waals surface area contributed by atoms with E-state index in [0.29, 0.717) is 40.5 Å². The first-order valence-electron chi connectivity index (χ1n) is 9.65. The average molecular weight is 507 g/mol. The van der Waals surface area contributed by atoms with Crippen LogP contribution in [0, 0.1) is 0 Å². The van der Waals surface area contributed by atoms with Crippen molar-refractivity contribution in [2.45, 2.75) is 25.7 Å². The van der Waals surface area contributed by atoms with Gasteiger partial charge in [0.25, 0.3) is 0 Å². The Hall–Kier alpha value is -1.31. The maximum absolute atomic E-state index is 11.7. The number of nitrogens with one attached hydrogen (secondary N) is 1. The summed E-state index contributed by atoms with van der Waals surface area (Å²) in [4.78, 5) is 11.7. The molecule has 2 rings (SSSR count). The number of ether oxygens (including phenoxy) is 2. The molecule has 0 radical (unpaired) electrons. The minimum atomic E-state index is -1.23. The van der Waals surface area contributed by atoms with E-state index in [0.717, 1.165) is 11.1 Å². The third-order valence-corrected chi connectivity index (χ3v) is 6.07. The highest BCUT2D eigenvalue weighted by Gasteiger charge is 2.25. The van der Waals surface area contributed by atoms with Gasteiger partial charge < -0.3 is 9.47 Å². The van der Waals surface area contributed by atoms with Gasteiger partial charge in [-0.15, -0.1) is 11.6 Å². The van der Waals surface area contributed by atoms with Gasteiger partial charge in [-0.05, 0) is 41.8 Å². The van der Waals surface area contributed by atoms with Crippen LogP contribution in [-0.4, -0.2) is 41.9 Å². The first-order chi connectivity index (χ1) is 14.6. The summed E-state index contributed by atoms with van der Waals surface area (Å²) in [7, 11) is -1.23. The second kappa shape index (κ2) is 12.1. The smallest absolute Gasteiger partial charge is 0.184 e. The number of halogens is 3. The lowest BCUT2D eigenvalue weighted by Crippen LogP contribution is -2.27. The molecular formula is C22H26Cl3NO4S. The van der Waals surface area contributed by atoms with Crippen molar-refractivity contribution in [2.24, 2.45) is 0 Å². The lowest BCUT2D eigenvalue weighted by molar-refractivity contribution is -0.119. The van der Waals surface area contributed by atoms with E-state index in [1.54, 1.807) is 0 Å². The number of ketones is 1. The average Bonchev–Trinajstić information content (AvgIpc) is 2.72. The van der Waals surface area contributed by atoms with Crippen LogP contribution in [0.3, 0.4) is 0 Å². The van der Waals surface area contributed by atoms with E-state index in [2.05, 4.69) is 18.6 Å². The zero-order valence-electron chi connectivity index (χ0n) is 17.7. The number of hydrogen-bond donors (Lipinski definition) is 1. The number of benzene rings is 2. The van der Waals surface area contributed by atoms with Gasteiger partial charge >= 0.3 is 0 Å². The molecule has 0 aliphatic rings. The lowest BCUT2D eigenvalue weighted by atomic mass is 9.78. The van der Waals surface area contributed by atoms with E-state index >= 15 is 0 Å². The molecule has 5 nitrogen and oxygen atoms in total. The van der Waals surface area contributed by atoms with Gasteiger partial charge in [-0.1, -0.05) is 49.2 Å². The molecule has 0 bridgehead atoms. The Kier molecular flexibility index (Phi) is 10.1. The fourth-order valence-corrected chi connectivity index (χ4v) is 3.89. The predicted molar refractivity (Wildman–Crippen MR) is 128 cm³/mol. The summed E-state index contributed by atoms with van der Waals surface area (Å²) in [5.41, 5.74) is 1.58. The van der Waals surface area contributed by atoms with Crippen LogP contribution in [0.2, 0.25) is 10.0 Å². The normalized spacial score (nSPS) is 12.5. The van der Waals surface area contributed by atoms with Gasteiger partial charge in [0.05, 0.1) is 34.2 Å². The summed E-state index contributed by atoms with van der Waals surface area (Å²) in [5, 5.41) is 0.899. The van der Waals surface area contributed by atoms with Gasteiger partial charge in [-0.25, -0.2) is 8.93 Å². The van der Waals surface area contributed by atoms with Crippen LogP contribution < -0.4 is 14.2 Å². The molecule has 170 valence electrons. The van der Waals surface area contributed by atoms with E-state index in [1.807, 2.05) is 36.4 Å². The highest BCUT2D eigenvalue weighted by Crippen LogP contribution is 2.40. The molecule has 9 heteroatoms. The zero-order valence-corrected chi connectivity index (χ0v) is 20.8. The highest BCUT2D eigenvalue weighted by atomic mass is 35.5. The van der Waals surface area contributed by atoms with Crippen molar-refractivity contribution in [1.82, 2.24) is 4.72 Å². The van der Waals surface area contributed by atoms with Crippen molar-refractivity contribution in [1.29, 1.82) is 0 Å². The minimum absolute atomic E-state index is 0.00132. The van der Waals surface area contributed by atoms with Crippen molar-refractivity contribution in [3.8, 4) is 11.5 Å². The van der Waals surface area contributed by atoms with Crippen molar-refractivity contribution in [2.75, 3.05) is 31.9 Å². The highest BCUT2D eigenvalue weighted by molar-refractivity contribution is 7.82. The largest absolute Gasteiger partial charge is 0.490 e. The van der Waals surface area contributed by atoms with Gasteiger partial charge in [0.2, 0.25) is 0 Å². The molecule has 1 unspecified atom stereocenters. The molecule has 0 fully saturated rings. The topological polar surface area (TPSA) is 64.6 Å². The molecule has 0 heterocycles. The van der Waals surface area contributed by atoms with Crippen LogP contribution >= 0.6 is 34.8 Å². The van der Waals surface area contributed by atoms with E-state index in [4.69, 9.17) is 44.3 Å². The minimum Gasteiger partial charge on any atom is -0.490 e.